The normalized spacial score (nSPS) is 13.1. The first kappa shape index (κ1) is 17.0. The molecular weight excluding hydrogens is 294 g/mol. The smallest absolute Gasteiger partial charge is 0.407 e. The van der Waals surface area contributed by atoms with Gasteiger partial charge in [0, 0.05) is 0 Å². The van der Waals surface area contributed by atoms with Crippen molar-refractivity contribution in [2.24, 2.45) is 0 Å². The Hall–Kier alpha value is -2.37. The maximum Gasteiger partial charge on any atom is 0.407 e. The van der Waals surface area contributed by atoms with Crippen LogP contribution in [0.4, 0.5) is 4.79 Å². The Morgan fingerprint density at radius 1 is 1.00 bits per heavy atom. The lowest BCUT2D eigenvalue weighted by molar-refractivity contribution is 0.0574. The Kier molecular flexibility index (Phi) is 6.59. The number of hydrogen-bond acceptors (Lipinski definition) is 4. The van der Waals surface area contributed by atoms with Crippen LogP contribution >= 0.6 is 0 Å². The van der Waals surface area contributed by atoms with Crippen LogP contribution in [0.1, 0.15) is 11.1 Å². The Labute approximate surface area is 135 Å². The SMILES string of the molecule is O=C(N[C@@H](Cc1ccccc1)[C@@H](O)CO)OCc1ccccc1. The highest BCUT2D eigenvalue weighted by Gasteiger charge is 2.21. The van der Waals surface area contributed by atoms with E-state index < -0.39 is 24.8 Å². The summed E-state index contributed by atoms with van der Waals surface area (Å²) >= 11 is 0. The summed E-state index contributed by atoms with van der Waals surface area (Å²) in [7, 11) is 0. The Balaban J connectivity index is 1.90. The van der Waals surface area contributed by atoms with Gasteiger partial charge in [-0.3, -0.25) is 0 Å². The molecule has 122 valence electrons. The molecule has 5 nitrogen and oxygen atoms in total. The van der Waals surface area contributed by atoms with Crippen LogP contribution < -0.4 is 5.32 Å². The summed E-state index contributed by atoms with van der Waals surface area (Å²) in [6.07, 6.45) is -1.27. The van der Waals surface area contributed by atoms with Gasteiger partial charge in [-0.2, -0.15) is 0 Å². The third-order valence-corrected chi connectivity index (χ3v) is 3.47. The van der Waals surface area contributed by atoms with Crippen molar-refractivity contribution in [3.63, 3.8) is 0 Å². The van der Waals surface area contributed by atoms with Crippen LogP contribution in [-0.4, -0.2) is 35.1 Å². The second-order valence-corrected chi connectivity index (χ2v) is 5.25. The van der Waals surface area contributed by atoms with E-state index >= 15 is 0 Å². The van der Waals surface area contributed by atoms with E-state index in [4.69, 9.17) is 9.84 Å². The summed E-state index contributed by atoms with van der Waals surface area (Å²) in [6.45, 7) is -0.281. The van der Waals surface area contributed by atoms with E-state index in [1.165, 1.54) is 0 Å². The summed E-state index contributed by atoms with van der Waals surface area (Å²) in [5, 5.41) is 21.7. The molecule has 0 spiro atoms. The molecule has 2 atom stereocenters. The molecule has 0 aliphatic rings. The maximum absolute atomic E-state index is 11.9. The van der Waals surface area contributed by atoms with Crippen LogP contribution in [0.2, 0.25) is 0 Å². The number of nitrogens with one attached hydrogen (secondary N) is 1. The average Bonchev–Trinajstić information content (AvgIpc) is 2.60. The molecule has 0 aliphatic heterocycles. The van der Waals surface area contributed by atoms with Crippen molar-refractivity contribution in [2.75, 3.05) is 6.61 Å². The minimum atomic E-state index is -1.06. The molecule has 0 saturated heterocycles. The van der Waals surface area contributed by atoms with E-state index in [2.05, 4.69) is 5.32 Å². The lowest BCUT2D eigenvalue weighted by Gasteiger charge is -2.22. The van der Waals surface area contributed by atoms with Gasteiger partial charge < -0.3 is 20.3 Å². The van der Waals surface area contributed by atoms with Crippen molar-refractivity contribution in [3.05, 3.63) is 71.8 Å². The van der Waals surface area contributed by atoms with Gasteiger partial charge >= 0.3 is 6.09 Å². The van der Waals surface area contributed by atoms with Crippen molar-refractivity contribution in [1.29, 1.82) is 0 Å². The predicted molar refractivity (Wildman–Crippen MR) is 86.8 cm³/mol. The molecule has 3 N–H and O–H groups in total. The molecule has 0 fully saturated rings. The zero-order valence-electron chi connectivity index (χ0n) is 12.8. The number of amides is 1. The van der Waals surface area contributed by atoms with Crippen molar-refractivity contribution < 1.29 is 19.7 Å². The molecule has 0 radical (unpaired) electrons. The molecule has 0 heterocycles. The molecule has 1 amide bonds. The van der Waals surface area contributed by atoms with E-state index in [1.807, 2.05) is 60.7 Å². The van der Waals surface area contributed by atoms with Crippen molar-refractivity contribution >= 4 is 6.09 Å². The molecule has 2 rings (SSSR count). The molecule has 2 aromatic rings. The highest BCUT2D eigenvalue weighted by atomic mass is 16.5. The molecule has 23 heavy (non-hydrogen) atoms. The second-order valence-electron chi connectivity index (χ2n) is 5.25. The van der Waals surface area contributed by atoms with E-state index in [1.54, 1.807) is 0 Å². The third kappa shape index (κ3) is 5.73. The molecule has 0 unspecified atom stereocenters. The van der Waals surface area contributed by atoms with Crippen LogP contribution in [0.5, 0.6) is 0 Å². The summed E-state index contributed by atoms with van der Waals surface area (Å²) < 4.78 is 5.15. The number of alkyl carbamates (subject to hydrolysis) is 1. The quantitative estimate of drug-likeness (QED) is 0.729. The zero-order valence-corrected chi connectivity index (χ0v) is 12.8. The van der Waals surface area contributed by atoms with Gasteiger partial charge in [-0.05, 0) is 17.5 Å². The van der Waals surface area contributed by atoms with E-state index in [9.17, 15) is 9.90 Å². The summed E-state index contributed by atoms with van der Waals surface area (Å²) in [4.78, 5) is 11.9. The fourth-order valence-electron chi connectivity index (χ4n) is 2.19. The Morgan fingerprint density at radius 2 is 1.57 bits per heavy atom. The van der Waals surface area contributed by atoms with Gasteiger partial charge in [0.05, 0.1) is 18.8 Å². The van der Waals surface area contributed by atoms with Crippen molar-refractivity contribution in [3.8, 4) is 0 Å². The standard InChI is InChI=1S/C18H21NO4/c20-12-17(21)16(11-14-7-3-1-4-8-14)19-18(22)23-13-15-9-5-2-6-10-15/h1-10,16-17,20-21H,11-13H2,(H,19,22)/t16-,17-/m0/s1. The van der Waals surface area contributed by atoms with E-state index in [0.717, 1.165) is 11.1 Å². The number of carbonyl (C=O) groups is 1. The minimum absolute atomic E-state index is 0.153. The predicted octanol–water partition coefficient (Wildman–Crippen LogP) is 1.88. The summed E-state index contributed by atoms with van der Waals surface area (Å²) in [6, 6.07) is 18.2. The minimum Gasteiger partial charge on any atom is -0.445 e. The van der Waals surface area contributed by atoms with E-state index in [-0.39, 0.29) is 6.61 Å². The molecule has 2 aromatic carbocycles. The van der Waals surface area contributed by atoms with Gasteiger partial charge in [-0.25, -0.2) is 4.79 Å². The lowest BCUT2D eigenvalue weighted by Crippen LogP contribution is -2.46. The first-order chi connectivity index (χ1) is 11.2. The number of hydrogen-bond donors (Lipinski definition) is 3. The monoisotopic (exact) mass is 315 g/mol. The fraction of sp³-hybridized carbons (Fsp3) is 0.278. The Bertz CT molecular complexity index is 588. The summed E-state index contributed by atoms with van der Waals surface area (Å²) in [5.41, 5.74) is 1.83. The topological polar surface area (TPSA) is 78.8 Å². The van der Waals surface area contributed by atoms with Gasteiger partial charge in [0.1, 0.15) is 6.61 Å². The number of rotatable bonds is 7. The highest BCUT2D eigenvalue weighted by Crippen LogP contribution is 2.07. The fourth-order valence-corrected chi connectivity index (χ4v) is 2.19. The largest absolute Gasteiger partial charge is 0.445 e. The van der Waals surface area contributed by atoms with Crippen molar-refractivity contribution in [1.82, 2.24) is 5.32 Å². The molecule has 0 aromatic heterocycles. The maximum atomic E-state index is 11.9. The zero-order chi connectivity index (χ0) is 16.5. The van der Waals surface area contributed by atoms with Crippen molar-refractivity contribution in [2.45, 2.75) is 25.2 Å². The number of aliphatic hydroxyl groups excluding tert-OH is 2. The molecule has 5 heteroatoms. The van der Waals surface area contributed by atoms with Crippen LogP contribution in [0.3, 0.4) is 0 Å². The molecule has 0 saturated carbocycles. The second kappa shape index (κ2) is 8.92. The molecular formula is C18H21NO4. The van der Waals surface area contributed by atoms with Crippen LogP contribution in [-0.2, 0) is 17.8 Å². The van der Waals surface area contributed by atoms with Crippen LogP contribution in [0, 0.1) is 0 Å². The van der Waals surface area contributed by atoms with Crippen LogP contribution in [0.25, 0.3) is 0 Å². The lowest BCUT2D eigenvalue weighted by atomic mass is 10.0. The summed E-state index contributed by atoms with van der Waals surface area (Å²) in [5.74, 6) is 0. The average molecular weight is 315 g/mol. The number of benzene rings is 2. The van der Waals surface area contributed by atoms with Crippen LogP contribution in [0.15, 0.2) is 60.7 Å². The van der Waals surface area contributed by atoms with Gasteiger partial charge in [0.25, 0.3) is 0 Å². The van der Waals surface area contributed by atoms with Gasteiger partial charge in [0.2, 0.25) is 0 Å². The first-order valence-corrected chi connectivity index (χ1v) is 7.49. The number of carbonyl (C=O) groups excluding carboxylic acids is 1. The van der Waals surface area contributed by atoms with Gasteiger partial charge in [-0.1, -0.05) is 60.7 Å². The number of ether oxygens (including phenoxy) is 1. The highest BCUT2D eigenvalue weighted by molar-refractivity contribution is 5.67. The third-order valence-electron chi connectivity index (χ3n) is 3.47. The number of aliphatic hydroxyl groups is 2. The van der Waals surface area contributed by atoms with Gasteiger partial charge in [-0.15, -0.1) is 0 Å². The molecule has 0 aliphatic carbocycles. The first-order valence-electron chi connectivity index (χ1n) is 7.49. The van der Waals surface area contributed by atoms with Gasteiger partial charge in [0.15, 0.2) is 0 Å². The Morgan fingerprint density at radius 3 is 2.13 bits per heavy atom. The van der Waals surface area contributed by atoms with E-state index in [0.29, 0.717) is 6.42 Å². The molecule has 0 bridgehead atoms.